The van der Waals surface area contributed by atoms with Crippen LogP contribution < -0.4 is 0 Å². The van der Waals surface area contributed by atoms with Gasteiger partial charge in [-0.15, -0.1) is 10.2 Å². The van der Waals surface area contributed by atoms with Crippen molar-refractivity contribution in [2.24, 2.45) is 0 Å². The highest BCUT2D eigenvalue weighted by Crippen LogP contribution is 2.46. The molecule has 1 unspecified atom stereocenters. The molecule has 0 radical (unpaired) electrons. The number of hydrogen-bond donors (Lipinski definition) is 0. The number of hydrogen-bond acceptors (Lipinski definition) is 3. The third-order valence-electron chi connectivity index (χ3n) is 6.43. The zero-order valence-electron chi connectivity index (χ0n) is 15.7. The molecule has 1 aromatic carbocycles. The van der Waals surface area contributed by atoms with Crippen molar-refractivity contribution in [3.8, 4) is 0 Å². The molecule has 1 aliphatic heterocycles. The van der Waals surface area contributed by atoms with Crippen LogP contribution in [0.5, 0.6) is 0 Å². The van der Waals surface area contributed by atoms with Gasteiger partial charge in [-0.05, 0) is 55.5 Å². The van der Waals surface area contributed by atoms with Crippen molar-refractivity contribution < 1.29 is 9.18 Å². The second-order valence-electron chi connectivity index (χ2n) is 8.02. The van der Waals surface area contributed by atoms with Crippen molar-refractivity contribution >= 4 is 11.6 Å². The van der Waals surface area contributed by atoms with Gasteiger partial charge in [-0.3, -0.25) is 9.20 Å². The number of amides is 1. The number of pyridine rings is 1. The molecule has 2 aliphatic rings. The van der Waals surface area contributed by atoms with Gasteiger partial charge in [0.25, 0.3) is 0 Å². The van der Waals surface area contributed by atoms with Crippen LogP contribution in [0.3, 0.4) is 0 Å². The predicted molar refractivity (Wildman–Crippen MR) is 103 cm³/mol. The number of benzene rings is 1. The van der Waals surface area contributed by atoms with E-state index in [1.54, 1.807) is 12.1 Å². The Kier molecular flexibility index (Phi) is 4.14. The normalized spacial score (nSPS) is 21.5. The van der Waals surface area contributed by atoms with Gasteiger partial charge in [-0.25, -0.2) is 4.39 Å². The molecule has 28 heavy (non-hydrogen) atoms. The van der Waals surface area contributed by atoms with E-state index in [2.05, 4.69) is 10.2 Å². The minimum absolute atomic E-state index is 0.181. The molecule has 144 valence electrons. The molecule has 3 heterocycles. The lowest BCUT2D eigenvalue weighted by Gasteiger charge is -2.45. The van der Waals surface area contributed by atoms with Crippen LogP contribution in [-0.2, 0) is 10.2 Å². The van der Waals surface area contributed by atoms with Crippen molar-refractivity contribution in [3.05, 3.63) is 65.9 Å². The van der Waals surface area contributed by atoms with Gasteiger partial charge in [0.2, 0.25) is 5.91 Å². The Labute approximate surface area is 163 Å². The number of nitrogens with zero attached hydrogens (tertiary/aromatic N) is 4. The van der Waals surface area contributed by atoms with E-state index >= 15 is 0 Å². The number of piperidine rings is 1. The van der Waals surface area contributed by atoms with Gasteiger partial charge in [0.1, 0.15) is 11.6 Å². The van der Waals surface area contributed by atoms with Crippen LogP contribution in [0.15, 0.2) is 48.7 Å². The summed E-state index contributed by atoms with van der Waals surface area (Å²) >= 11 is 0. The number of aromatic nitrogens is 3. The summed E-state index contributed by atoms with van der Waals surface area (Å²) in [6, 6.07) is 12.4. The molecule has 1 saturated carbocycles. The quantitative estimate of drug-likeness (QED) is 0.698. The van der Waals surface area contributed by atoms with E-state index < -0.39 is 5.41 Å². The lowest BCUT2D eigenvalue weighted by Crippen LogP contribution is -2.53. The summed E-state index contributed by atoms with van der Waals surface area (Å²) in [6.07, 6.45) is 6.66. The molecule has 1 amide bonds. The molecule has 2 aromatic heterocycles. The molecule has 5 rings (SSSR count). The highest BCUT2D eigenvalue weighted by molar-refractivity contribution is 5.89. The average molecular weight is 378 g/mol. The van der Waals surface area contributed by atoms with Crippen molar-refractivity contribution in [1.29, 1.82) is 0 Å². The first kappa shape index (κ1) is 17.3. The predicted octanol–water partition coefficient (Wildman–Crippen LogP) is 3.70. The fourth-order valence-corrected chi connectivity index (χ4v) is 4.74. The third kappa shape index (κ3) is 2.70. The number of likely N-dealkylation sites (tertiary alicyclic amines) is 1. The van der Waals surface area contributed by atoms with E-state index in [0.717, 1.165) is 55.7 Å². The molecule has 2 fully saturated rings. The van der Waals surface area contributed by atoms with E-state index in [1.807, 2.05) is 33.7 Å². The zero-order valence-corrected chi connectivity index (χ0v) is 15.7. The summed E-state index contributed by atoms with van der Waals surface area (Å²) in [4.78, 5) is 15.6. The molecule has 1 aliphatic carbocycles. The van der Waals surface area contributed by atoms with Crippen molar-refractivity contribution in [2.45, 2.75) is 43.4 Å². The van der Waals surface area contributed by atoms with E-state index in [0.29, 0.717) is 6.54 Å². The Morgan fingerprint density at radius 1 is 1.07 bits per heavy atom. The number of halogens is 1. The number of rotatable bonds is 3. The van der Waals surface area contributed by atoms with E-state index in [4.69, 9.17) is 0 Å². The van der Waals surface area contributed by atoms with Gasteiger partial charge in [0.05, 0.1) is 5.41 Å². The maximum Gasteiger partial charge on any atom is 0.233 e. The maximum absolute atomic E-state index is 13.6. The molecule has 0 spiro atoms. The summed E-state index contributed by atoms with van der Waals surface area (Å²) in [5, 5.41) is 8.68. The topological polar surface area (TPSA) is 50.5 Å². The standard InChI is InChI=1S/C22H23FN4O/c23-18-9-7-17(8-10-18)22(11-4-12-22)21(28)26-13-3-5-16(15-26)20-25-24-19-6-1-2-14-27(19)20/h1-2,6-10,14,16H,3-5,11-13,15H2. The van der Waals surface area contributed by atoms with Crippen molar-refractivity contribution in [1.82, 2.24) is 19.5 Å². The Balaban J connectivity index is 1.41. The lowest BCUT2D eigenvalue weighted by molar-refractivity contribution is -0.142. The van der Waals surface area contributed by atoms with Crippen LogP contribution in [0.1, 0.15) is 49.4 Å². The van der Waals surface area contributed by atoms with Crippen molar-refractivity contribution in [2.75, 3.05) is 13.1 Å². The summed E-state index contributed by atoms with van der Waals surface area (Å²) in [6.45, 7) is 1.44. The summed E-state index contributed by atoms with van der Waals surface area (Å²) in [5.41, 5.74) is 1.30. The first-order valence-electron chi connectivity index (χ1n) is 10.0. The molecule has 3 aromatic rings. The maximum atomic E-state index is 13.6. The van der Waals surface area contributed by atoms with Crippen LogP contribution in [0.25, 0.3) is 5.65 Å². The largest absolute Gasteiger partial charge is 0.341 e. The van der Waals surface area contributed by atoms with Crippen LogP contribution in [0, 0.1) is 5.82 Å². The summed E-state index contributed by atoms with van der Waals surface area (Å²) in [7, 11) is 0. The molecule has 6 heteroatoms. The van der Waals surface area contributed by atoms with Crippen molar-refractivity contribution in [3.63, 3.8) is 0 Å². The van der Waals surface area contributed by atoms with Gasteiger partial charge in [0.15, 0.2) is 5.65 Å². The minimum Gasteiger partial charge on any atom is -0.341 e. The van der Waals surface area contributed by atoms with Crippen LogP contribution in [-0.4, -0.2) is 38.5 Å². The van der Waals surface area contributed by atoms with E-state index in [-0.39, 0.29) is 17.6 Å². The van der Waals surface area contributed by atoms with E-state index in [9.17, 15) is 9.18 Å². The molecular formula is C22H23FN4O. The first-order valence-corrected chi connectivity index (χ1v) is 10.0. The Hall–Kier alpha value is -2.76. The van der Waals surface area contributed by atoms with Crippen LogP contribution in [0.4, 0.5) is 4.39 Å². The third-order valence-corrected chi connectivity index (χ3v) is 6.43. The Bertz CT molecular complexity index is 1010. The van der Waals surface area contributed by atoms with Gasteiger partial charge in [-0.2, -0.15) is 0 Å². The van der Waals surface area contributed by atoms with Crippen LogP contribution in [0.2, 0.25) is 0 Å². The molecular weight excluding hydrogens is 355 g/mol. The average Bonchev–Trinajstić information content (AvgIpc) is 3.13. The second-order valence-corrected chi connectivity index (χ2v) is 8.02. The Morgan fingerprint density at radius 2 is 1.89 bits per heavy atom. The SMILES string of the molecule is O=C(N1CCCC(c2nnc3ccccn23)C1)C1(c2ccc(F)cc2)CCC1. The molecule has 0 N–H and O–H groups in total. The van der Waals surface area contributed by atoms with E-state index in [1.165, 1.54) is 12.1 Å². The smallest absolute Gasteiger partial charge is 0.233 e. The highest BCUT2D eigenvalue weighted by Gasteiger charge is 2.48. The highest BCUT2D eigenvalue weighted by atomic mass is 19.1. The second kappa shape index (κ2) is 6.69. The number of fused-ring (bicyclic) bond motifs is 1. The summed E-state index contributed by atoms with van der Waals surface area (Å²) in [5.74, 6) is 1.03. The fraction of sp³-hybridized carbons (Fsp3) is 0.409. The summed E-state index contributed by atoms with van der Waals surface area (Å²) < 4.78 is 15.4. The lowest BCUT2D eigenvalue weighted by atomic mass is 9.63. The van der Waals surface area contributed by atoms with Gasteiger partial charge in [-0.1, -0.05) is 24.6 Å². The number of carbonyl (C=O) groups excluding carboxylic acids is 1. The molecule has 5 nitrogen and oxygen atoms in total. The monoisotopic (exact) mass is 378 g/mol. The zero-order chi connectivity index (χ0) is 19.1. The van der Waals surface area contributed by atoms with Gasteiger partial charge in [0, 0.05) is 25.2 Å². The van der Waals surface area contributed by atoms with Gasteiger partial charge < -0.3 is 4.90 Å². The fourth-order valence-electron chi connectivity index (χ4n) is 4.74. The molecule has 1 atom stereocenters. The first-order chi connectivity index (χ1) is 13.7. The Morgan fingerprint density at radius 3 is 2.64 bits per heavy atom. The molecule has 1 saturated heterocycles. The van der Waals surface area contributed by atoms with Gasteiger partial charge >= 0.3 is 0 Å². The number of carbonyl (C=O) groups is 1. The van der Waals surface area contributed by atoms with Crippen LogP contribution >= 0.6 is 0 Å². The molecule has 0 bridgehead atoms. The minimum atomic E-state index is -0.484.